The Morgan fingerprint density at radius 1 is 0.706 bits per heavy atom. The van der Waals surface area contributed by atoms with Crippen molar-refractivity contribution in [3.63, 3.8) is 0 Å². The van der Waals surface area contributed by atoms with E-state index in [1.165, 1.54) is 32.1 Å². The third-order valence-corrected chi connectivity index (χ3v) is 5.90. The van der Waals surface area contributed by atoms with Crippen molar-refractivity contribution in [1.29, 1.82) is 0 Å². The molecule has 0 aromatic rings. The molecule has 0 spiro atoms. The second-order valence-electron chi connectivity index (χ2n) is 6.72. The minimum Gasteiger partial charge on any atom is -0.0651 e. The molecular weight excluding hydrogens is 204 g/mol. The smallest absolute Gasteiger partial charge is 0.0355 e. The van der Waals surface area contributed by atoms with Crippen LogP contribution in [0.2, 0.25) is 0 Å². The standard InChI is InChI=1S/C17H34/c1-7-12(4)15-10-16(13(5)8-2)17(11-15)14(6)9-3/h12-17H,7-11H2,1-6H3. The average molecular weight is 238 g/mol. The molecule has 102 valence electrons. The molecule has 1 aliphatic rings. The van der Waals surface area contributed by atoms with E-state index in [1.54, 1.807) is 0 Å². The predicted molar refractivity (Wildman–Crippen MR) is 78.1 cm³/mol. The minimum atomic E-state index is 0.933. The first kappa shape index (κ1) is 15.1. The lowest BCUT2D eigenvalue weighted by atomic mass is 9.77. The van der Waals surface area contributed by atoms with Gasteiger partial charge in [0, 0.05) is 0 Å². The summed E-state index contributed by atoms with van der Waals surface area (Å²) in [7, 11) is 0. The highest BCUT2D eigenvalue weighted by atomic mass is 14.4. The van der Waals surface area contributed by atoms with Crippen molar-refractivity contribution in [3.05, 3.63) is 0 Å². The van der Waals surface area contributed by atoms with Crippen LogP contribution < -0.4 is 0 Å². The largest absolute Gasteiger partial charge is 0.0651 e. The van der Waals surface area contributed by atoms with Crippen LogP contribution in [0.5, 0.6) is 0 Å². The van der Waals surface area contributed by atoms with Crippen LogP contribution >= 0.6 is 0 Å². The Bertz CT molecular complexity index is 190. The lowest BCUT2D eigenvalue weighted by molar-refractivity contribution is 0.205. The molecular formula is C17H34. The van der Waals surface area contributed by atoms with E-state index in [0.29, 0.717) is 0 Å². The highest BCUT2D eigenvalue weighted by Crippen LogP contribution is 2.48. The second kappa shape index (κ2) is 6.81. The van der Waals surface area contributed by atoms with Crippen LogP contribution in [0.4, 0.5) is 0 Å². The summed E-state index contributed by atoms with van der Waals surface area (Å²) >= 11 is 0. The molecule has 0 aromatic heterocycles. The van der Waals surface area contributed by atoms with Crippen molar-refractivity contribution in [3.8, 4) is 0 Å². The maximum absolute atomic E-state index is 2.49. The molecule has 0 heterocycles. The van der Waals surface area contributed by atoms with E-state index < -0.39 is 0 Å². The summed E-state index contributed by atoms with van der Waals surface area (Å²) < 4.78 is 0. The highest BCUT2D eigenvalue weighted by Gasteiger charge is 2.40. The molecule has 0 radical (unpaired) electrons. The summed E-state index contributed by atoms with van der Waals surface area (Å²) in [5.41, 5.74) is 0. The number of hydrogen-bond acceptors (Lipinski definition) is 0. The third-order valence-electron chi connectivity index (χ3n) is 5.90. The average Bonchev–Trinajstić information content (AvgIpc) is 2.80. The van der Waals surface area contributed by atoms with Crippen molar-refractivity contribution in [2.24, 2.45) is 35.5 Å². The first-order valence-corrected chi connectivity index (χ1v) is 8.04. The Balaban J connectivity index is 2.71. The van der Waals surface area contributed by atoms with Gasteiger partial charge in [-0.25, -0.2) is 0 Å². The molecule has 0 aliphatic heterocycles. The van der Waals surface area contributed by atoms with Crippen molar-refractivity contribution in [1.82, 2.24) is 0 Å². The fourth-order valence-corrected chi connectivity index (χ4v) is 3.86. The summed E-state index contributed by atoms with van der Waals surface area (Å²) in [6.07, 6.45) is 7.12. The van der Waals surface area contributed by atoms with Gasteiger partial charge in [-0.1, -0.05) is 60.8 Å². The number of hydrogen-bond donors (Lipinski definition) is 0. The second-order valence-corrected chi connectivity index (χ2v) is 6.72. The molecule has 0 saturated heterocycles. The molecule has 0 N–H and O–H groups in total. The van der Waals surface area contributed by atoms with Gasteiger partial charge in [-0.3, -0.25) is 0 Å². The maximum atomic E-state index is 2.49. The van der Waals surface area contributed by atoms with Crippen molar-refractivity contribution < 1.29 is 0 Å². The Morgan fingerprint density at radius 3 is 1.35 bits per heavy atom. The van der Waals surface area contributed by atoms with Gasteiger partial charge < -0.3 is 0 Å². The van der Waals surface area contributed by atoms with Crippen LogP contribution in [0, 0.1) is 35.5 Å². The van der Waals surface area contributed by atoms with Gasteiger partial charge in [-0.05, 0) is 48.3 Å². The van der Waals surface area contributed by atoms with Crippen LogP contribution in [0.15, 0.2) is 0 Å². The van der Waals surface area contributed by atoms with Crippen LogP contribution in [0.3, 0.4) is 0 Å². The summed E-state index contributed by atoms with van der Waals surface area (Å²) in [4.78, 5) is 0. The molecule has 0 amide bonds. The summed E-state index contributed by atoms with van der Waals surface area (Å²) in [5.74, 6) is 5.84. The van der Waals surface area contributed by atoms with Crippen LogP contribution in [-0.4, -0.2) is 0 Å². The van der Waals surface area contributed by atoms with Gasteiger partial charge >= 0.3 is 0 Å². The van der Waals surface area contributed by atoms with Crippen molar-refractivity contribution in [2.75, 3.05) is 0 Å². The van der Waals surface area contributed by atoms with Gasteiger partial charge in [-0.2, -0.15) is 0 Å². The van der Waals surface area contributed by atoms with E-state index in [-0.39, 0.29) is 0 Å². The van der Waals surface area contributed by atoms with E-state index in [9.17, 15) is 0 Å². The molecule has 5 atom stereocenters. The first-order chi connectivity index (χ1) is 8.04. The third kappa shape index (κ3) is 3.48. The molecule has 0 heteroatoms. The zero-order valence-corrected chi connectivity index (χ0v) is 13.0. The van der Waals surface area contributed by atoms with Crippen molar-refractivity contribution >= 4 is 0 Å². The van der Waals surface area contributed by atoms with Crippen LogP contribution in [0.1, 0.15) is 73.6 Å². The Labute approximate surface area is 110 Å². The van der Waals surface area contributed by atoms with E-state index in [4.69, 9.17) is 0 Å². The monoisotopic (exact) mass is 238 g/mol. The normalized spacial score (nSPS) is 34.6. The fourth-order valence-electron chi connectivity index (χ4n) is 3.86. The minimum absolute atomic E-state index is 0.933. The van der Waals surface area contributed by atoms with E-state index in [2.05, 4.69) is 41.5 Å². The lowest BCUT2D eigenvalue weighted by Gasteiger charge is -2.29. The molecule has 1 saturated carbocycles. The van der Waals surface area contributed by atoms with E-state index >= 15 is 0 Å². The molecule has 1 fully saturated rings. The Kier molecular flexibility index (Phi) is 6.03. The molecule has 1 aliphatic carbocycles. The van der Waals surface area contributed by atoms with E-state index in [0.717, 1.165) is 35.5 Å². The topological polar surface area (TPSA) is 0 Å². The van der Waals surface area contributed by atoms with Crippen LogP contribution in [0.25, 0.3) is 0 Å². The van der Waals surface area contributed by atoms with Gasteiger partial charge in [0.2, 0.25) is 0 Å². The lowest BCUT2D eigenvalue weighted by Crippen LogP contribution is -2.21. The molecule has 0 bridgehead atoms. The molecule has 1 rings (SSSR count). The SMILES string of the molecule is CCC(C)C1CC(C(C)CC)C(C(C)CC)C1. The van der Waals surface area contributed by atoms with Gasteiger partial charge in [0.1, 0.15) is 0 Å². The highest BCUT2D eigenvalue weighted by molar-refractivity contribution is 4.89. The maximum Gasteiger partial charge on any atom is -0.0355 e. The first-order valence-electron chi connectivity index (χ1n) is 8.04. The Hall–Kier alpha value is 0. The molecule has 0 aromatic carbocycles. The zero-order chi connectivity index (χ0) is 13.0. The van der Waals surface area contributed by atoms with Gasteiger partial charge in [0.15, 0.2) is 0 Å². The number of rotatable bonds is 6. The predicted octanol–water partition coefficient (Wildman–Crippen LogP) is 5.77. The van der Waals surface area contributed by atoms with E-state index in [1.807, 2.05) is 0 Å². The van der Waals surface area contributed by atoms with Gasteiger partial charge in [-0.15, -0.1) is 0 Å². The fraction of sp³-hybridized carbons (Fsp3) is 1.00. The van der Waals surface area contributed by atoms with Gasteiger partial charge in [0.05, 0.1) is 0 Å². The summed E-state index contributed by atoms with van der Waals surface area (Å²) in [6, 6.07) is 0. The van der Waals surface area contributed by atoms with Crippen molar-refractivity contribution in [2.45, 2.75) is 73.6 Å². The van der Waals surface area contributed by atoms with Gasteiger partial charge in [0.25, 0.3) is 0 Å². The molecule has 5 unspecified atom stereocenters. The molecule has 17 heavy (non-hydrogen) atoms. The zero-order valence-electron chi connectivity index (χ0n) is 13.0. The summed E-state index contributed by atoms with van der Waals surface area (Å²) in [5, 5.41) is 0. The van der Waals surface area contributed by atoms with Crippen LogP contribution in [-0.2, 0) is 0 Å². The summed E-state index contributed by atoms with van der Waals surface area (Å²) in [6.45, 7) is 14.5. The quantitative estimate of drug-likeness (QED) is 0.551. The molecule has 0 nitrogen and oxygen atoms in total. The Morgan fingerprint density at radius 2 is 1.06 bits per heavy atom.